The summed E-state index contributed by atoms with van der Waals surface area (Å²) >= 11 is 0. The Morgan fingerprint density at radius 1 is 1.23 bits per heavy atom. The van der Waals surface area contributed by atoms with Crippen molar-refractivity contribution < 1.29 is 18.0 Å². The minimum Gasteiger partial charge on any atom is -0.356 e. The molecule has 0 heterocycles. The molecule has 0 saturated heterocycles. The van der Waals surface area contributed by atoms with Crippen LogP contribution in [0.3, 0.4) is 0 Å². The second-order valence-electron chi connectivity index (χ2n) is 8.01. The minimum absolute atomic E-state index is 0. The average Bonchev–Trinajstić information content (AvgIpc) is 3.46. The van der Waals surface area contributed by atoms with E-state index < -0.39 is 11.7 Å². The first-order chi connectivity index (χ1) is 13.8. The topological polar surface area (TPSA) is 65.5 Å². The van der Waals surface area contributed by atoms with E-state index in [1.165, 1.54) is 12.1 Å². The molecular weight excluding hydrogens is 508 g/mol. The average molecular weight is 538 g/mol. The number of nitrogens with one attached hydrogen (secondary N) is 3. The van der Waals surface area contributed by atoms with Crippen LogP contribution in [0.15, 0.2) is 29.3 Å². The Morgan fingerprint density at radius 3 is 2.53 bits per heavy atom. The molecule has 30 heavy (non-hydrogen) atoms. The lowest BCUT2D eigenvalue weighted by atomic mass is 9.64. The van der Waals surface area contributed by atoms with E-state index in [2.05, 4.69) is 20.9 Å². The van der Waals surface area contributed by atoms with E-state index in [1.807, 2.05) is 0 Å². The molecule has 2 fully saturated rings. The molecule has 1 aromatic rings. The maximum Gasteiger partial charge on any atom is 0.416 e. The van der Waals surface area contributed by atoms with Gasteiger partial charge in [0, 0.05) is 38.0 Å². The molecule has 0 aliphatic heterocycles. The fraction of sp³-hybridized carbons (Fsp3) is 0.619. The third-order valence-electron chi connectivity index (χ3n) is 5.75. The van der Waals surface area contributed by atoms with Gasteiger partial charge in [0.2, 0.25) is 5.91 Å². The van der Waals surface area contributed by atoms with E-state index in [1.54, 1.807) is 13.1 Å². The van der Waals surface area contributed by atoms with Crippen LogP contribution in [0.1, 0.15) is 56.1 Å². The van der Waals surface area contributed by atoms with Gasteiger partial charge in [0.25, 0.3) is 0 Å². The lowest BCUT2D eigenvalue weighted by Crippen LogP contribution is -2.49. The Hall–Kier alpha value is -1.52. The predicted molar refractivity (Wildman–Crippen MR) is 122 cm³/mol. The number of carbonyl (C=O) groups is 1. The number of nitrogens with zero attached hydrogens (tertiary/aromatic N) is 1. The van der Waals surface area contributed by atoms with Gasteiger partial charge in [-0.2, -0.15) is 13.2 Å². The van der Waals surface area contributed by atoms with Crippen LogP contribution in [-0.2, 0) is 16.4 Å². The fourth-order valence-corrected chi connectivity index (χ4v) is 3.65. The fourth-order valence-electron chi connectivity index (χ4n) is 3.65. The zero-order valence-electron chi connectivity index (χ0n) is 17.1. The summed E-state index contributed by atoms with van der Waals surface area (Å²) in [5.41, 5.74) is -0.185. The van der Waals surface area contributed by atoms with E-state index in [4.69, 9.17) is 0 Å². The molecule has 168 valence electrons. The molecule has 1 aromatic carbocycles. The van der Waals surface area contributed by atoms with Crippen LogP contribution < -0.4 is 16.0 Å². The lowest BCUT2D eigenvalue weighted by molar-refractivity contribution is -0.137. The molecule has 1 amide bonds. The molecule has 0 radical (unpaired) electrons. The summed E-state index contributed by atoms with van der Waals surface area (Å²) in [5, 5.41) is 9.39. The number of halogens is 4. The summed E-state index contributed by atoms with van der Waals surface area (Å²) in [6.07, 6.45) is 1.67. The highest BCUT2D eigenvalue weighted by Crippen LogP contribution is 2.44. The quantitative estimate of drug-likeness (QED) is 0.203. The Kier molecular flexibility index (Phi) is 8.81. The smallest absolute Gasteiger partial charge is 0.356 e. The maximum atomic E-state index is 13.1. The molecular formula is C21H30F3IN4O. The zero-order chi connectivity index (χ0) is 20.9. The van der Waals surface area contributed by atoms with Crippen molar-refractivity contribution in [2.24, 2.45) is 4.99 Å². The summed E-state index contributed by atoms with van der Waals surface area (Å²) in [6, 6.07) is 6.03. The van der Waals surface area contributed by atoms with Gasteiger partial charge in [-0.1, -0.05) is 24.6 Å². The van der Waals surface area contributed by atoms with Crippen LogP contribution in [0, 0.1) is 0 Å². The predicted octanol–water partition coefficient (Wildman–Crippen LogP) is 3.97. The van der Waals surface area contributed by atoms with Crippen molar-refractivity contribution in [1.82, 2.24) is 16.0 Å². The van der Waals surface area contributed by atoms with Crippen molar-refractivity contribution >= 4 is 35.8 Å². The zero-order valence-corrected chi connectivity index (χ0v) is 19.5. The van der Waals surface area contributed by atoms with Gasteiger partial charge in [-0.25, -0.2) is 0 Å². The molecule has 2 aliphatic rings. The van der Waals surface area contributed by atoms with Gasteiger partial charge in [-0.3, -0.25) is 9.79 Å². The molecule has 0 aromatic heterocycles. The monoisotopic (exact) mass is 538 g/mol. The summed E-state index contributed by atoms with van der Waals surface area (Å²) in [6.45, 7) is 1.13. The molecule has 0 spiro atoms. The van der Waals surface area contributed by atoms with Crippen molar-refractivity contribution in [1.29, 1.82) is 0 Å². The van der Waals surface area contributed by atoms with Crippen LogP contribution in [-0.4, -0.2) is 38.0 Å². The number of carbonyl (C=O) groups excluding carboxylic acids is 1. The molecule has 0 bridgehead atoms. The summed E-state index contributed by atoms with van der Waals surface area (Å²) in [7, 11) is 1.66. The number of alkyl halides is 3. The molecule has 0 unspecified atom stereocenters. The lowest BCUT2D eigenvalue weighted by Gasteiger charge is -2.43. The van der Waals surface area contributed by atoms with E-state index in [-0.39, 0.29) is 35.3 Å². The second kappa shape index (κ2) is 10.7. The number of amides is 1. The SMILES string of the molecule is CN=C(NCCCC(=O)NC1CC1)NCC1(c2cccc(C(F)(F)F)c2)CCC1.I. The van der Waals surface area contributed by atoms with Gasteiger partial charge in [-0.15, -0.1) is 24.0 Å². The Morgan fingerprint density at radius 2 is 1.97 bits per heavy atom. The van der Waals surface area contributed by atoms with Crippen molar-refractivity contribution in [3.05, 3.63) is 35.4 Å². The number of benzene rings is 1. The molecule has 2 saturated carbocycles. The van der Waals surface area contributed by atoms with Gasteiger partial charge >= 0.3 is 6.18 Å². The van der Waals surface area contributed by atoms with Crippen LogP contribution in [0.5, 0.6) is 0 Å². The Balaban J connectivity index is 0.00000320. The largest absolute Gasteiger partial charge is 0.416 e. The third-order valence-corrected chi connectivity index (χ3v) is 5.75. The van der Waals surface area contributed by atoms with Gasteiger partial charge < -0.3 is 16.0 Å². The Bertz CT molecular complexity index is 746. The van der Waals surface area contributed by atoms with E-state index in [0.29, 0.717) is 37.9 Å². The van der Waals surface area contributed by atoms with Crippen molar-refractivity contribution in [3.8, 4) is 0 Å². The second-order valence-corrected chi connectivity index (χ2v) is 8.01. The van der Waals surface area contributed by atoms with Crippen LogP contribution in [0.4, 0.5) is 13.2 Å². The van der Waals surface area contributed by atoms with Crippen LogP contribution in [0.25, 0.3) is 0 Å². The first-order valence-electron chi connectivity index (χ1n) is 10.2. The first-order valence-corrected chi connectivity index (χ1v) is 10.2. The van der Waals surface area contributed by atoms with Gasteiger partial charge in [0.05, 0.1) is 5.56 Å². The molecule has 9 heteroatoms. The van der Waals surface area contributed by atoms with Gasteiger partial charge in [-0.05, 0) is 43.7 Å². The van der Waals surface area contributed by atoms with E-state index >= 15 is 0 Å². The van der Waals surface area contributed by atoms with Crippen molar-refractivity contribution in [2.75, 3.05) is 20.1 Å². The van der Waals surface area contributed by atoms with Crippen LogP contribution >= 0.6 is 24.0 Å². The number of aliphatic imine (C=N–C) groups is 1. The highest BCUT2D eigenvalue weighted by Gasteiger charge is 2.40. The molecule has 3 N–H and O–H groups in total. The highest BCUT2D eigenvalue weighted by atomic mass is 127. The number of hydrogen-bond donors (Lipinski definition) is 3. The van der Waals surface area contributed by atoms with Crippen molar-refractivity contribution in [3.63, 3.8) is 0 Å². The first kappa shape index (κ1) is 24.7. The number of rotatable bonds is 8. The van der Waals surface area contributed by atoms with E-state index in [0.717, 1.165) is 43.7 Å². The highest BCUT2D eigenvalue weighted by molar-refractivity contribution is 14.0. The Labute approximate surface area is 192 Å². The standard InChI is InChI=1S/C21H29F3N4O.HI/c1-25-19(26-12-3-7-18(29)28-17-8-9-17)27-14-20(10-4-11-20)15-5-2-6-16(13-15)21(22,23)24;/h2,5-6,13,17H,3-4,7-12,14H2,1H3,(H,28,29)(H2,25,26,27);1H. The summed E-state index contributed by atoms with van der Waals surface area (Å²) in [5.74, 6) is 0.682. The summed E-state index contributed by atoms with van der Waals surface area (Å²) in [4.78, 5) is 15.9. The van der Waals surface area contributed by atoms with Crippen molar-refractivity contribution in [2.45, 2.75) is 62.6 Å². The molecule has 3 rings (SSSR count). The third kappa shape index (κ3) is 6.75. The number of guanidine groups is 1. The van der Waals surface area contributed by atoms with Crippen LogP contribution in [0.2, 0.25) is 0 Å². The minimum atomic E-state index is -4.34. The maximum absolute atomic E-state index is 13.1. The summed E-state index contributed by atoms with van der Waals surface area (Å²) < 4.78 is 39.2. The van der Waals surface area contributed by atoms with Gasteiger partial charge in [0.15, 0.2) is 5.96 Å². The van der Waals surface area contributed by atoms with Gasteiger partial charge in [0.1, 0.15) is 0 Å². The van der Waals surface area contributed by atoms with E-state index in [9.17, 15) is 18.0 Å². The molecule has 5 nitrogen and oxygen atoms in total. The molecule has 2 aliphatic carbocycles. The normalized spacial score (nSPS) is 18.1. The number of hydrogen-bond acceptors (Lipinski definition) is 2. The molecule has 0 atom stereocenters.